The van der Waals surface area contributed by atoms with Gasteiger partial charge in [-0.3, -0.25) is 9.80 Å². The van der Waals surface area contributed by atoms with Gasteiger partial charge in [-0.25, -0.2) is 0 Å². The molecule has 0 saturated carbocycles. The zero-order chi connectivity index (χ0) is 10.4. The first-order valence-corrected chi connectivity index (χ1v) is 5.57. The maximum atomic E-state index is 8.79. The topological polar surface area (TPSA) is 52.7 Å². The first kappa shape index (κ1) is 11.9. The highest BCUT2D eigenvalue weighted by molar-refractivity contribution is 4.74. The predicted octanol–water partition coefficient (Wildman–Crippen LogP) is -0.666. The fourth-order valence-corrected chi connectivity index (χ4v) is 1.80. The van der Waals surface area contributed by atoms with Crippen LogP contribution in [0.3, 0.4) is 0 Å². The molecule has 4 nitrogen and oxygen atoms in total. The van der Waals surface area contributed by atoms with E-state index in [1.807, 2.05) is 0 Å². The molecular formula is C10H23N3O. The van der Waals surface area contributed by atoms with Gasteiger partial charge >= 0.3 is 0 Å². The van der Waals surface area contributed by atoms with Gasteiger partial charge in [0.05, 0.1) is 6.61 Å². The van der Waals surface area contributed by atoms with Crippen LogP contribution in [0.1, 0.15) is 13.3 Å². The number of β-amino-alcohol motifs (C(OH)–C–C–N with tert-alkyl or cyclic N) is 1. The summed E-state index contributed by atoms with van der Waals surface area (Å²) >= 11 is 0. The third-order valence-electron chi connectivity index (χ3n) is 2.90. The van der Waals surface area contributed by atoms with E-state index >= 15 is 0 Å². The second-order valence-corrected chi connectivity index (χ2v) is 4.03. The molecule has 1 atom stereocenters. The Labute approximate surface area is 86.7 Å². The molecule has 0 radical (unpaired) electrons. The lowest BCUT2D eigenvalue weighted by Gasteiger charge is -2.35. The van der Waals surface area contributed by atoms with E-state index < -0.39 is 0 Å². The molecule has 1 fully saturated rings. The van der Waals surface area contributed by atoms with Crippen LogP contribution in [0.15, 0.2) is 0 Å². The second kappa shape index (κ2) is 6.35. The SMILES string of the molecule is CCC(N)CN1CCN(CCO)CC1. The smallest absolute Gasteiger partial charge is 0.0558 e. The van der Waals surface area contributed by atoms with E-state index in [4.69, 9.17) is 10.8 Å². The first-order chi connectivity index (χ1) is 6.76. The Balaban J connectivity index is 2.15. The summed E-state index contributed by atoms with van der Waals surface area (Å²) in [6.07, 6.45) is 1.05. The number of aliphatic hydroxyl groups is 1. The summed E-state index contributed by atoms with van der Waals surface area (Å²) in [6.45, 7) is 8.55. The summed E-state index contributed by atoms with van der Waals surface area (Å²) in [7, 11) is 0. The summed E-state index contributed by atoms with van der Waals surface area (Å²) in [6, 6.07) is 0.319. The highest BCUT2D eigenvalue weighted by Crippen LogP contribution is 2.02. The molecule has 3 N–H and O–H groups in total. The molecule has 4 heteroatoms. The van der Waals surface area contributed by atoms with Crippen LogP contribution in [0.2, 0.25) is 0 Å². The van der Waals surface area contributed by atoms with E-state index in [1.165, 1.54) is 0 Å². The minimum Gasteiger partial charge on any atom is -0.395 e. The van der Waals surface area contributed by atoms with Crippen molar-refractivity contribution in [3.05, 3.63) is 0 Å². The lowest BCUT2D eigenvalue weighted by molar-refractivity contribution is 0.108. The van der Waals surface area contributed by atoms with Crippen LogP contribution in [0.5, 0.6) is 0 Å². The molecule has 1 saturated heterocycles. The van der Waals surface area contributed by atoms with Gasteiger partial charge in [0.1, 0.15) is 0 Å². The van der Waals surface area contributed by atoms with Crippen molar-refractivity contribution in [2.75, 3.05) is 45.9 Å². The third-order valence-corrected chi connectivity index (χ3v) is 2.90. The molecule has 0 aromatic rings. The summed E-state index contributed by atoms with van der Waals surface area (Å²) in [5.41, 5.74) is 5.90. The molecule has 84 valence electrons. The van der Waals surface area contributed by atoms with Gasteiger partial charge in [0, 0.05) is 45.3 Å². The highest BCUT2D eigenvalue weighted by atomic mass is 16.3. The molecule has 1 aliphatic rings. The van der Waals surface area contributed by atoms with E-state index in [2.05, 4.69) is 16.7 Å². The zero-order valence-electron chi connectivity index (χ0n) is 9.15. The fraction of sp³-hybridized carbons (Fsp3) is 1.00. The minimum atomic E-state index is 0.272. The van der Waals surface area contributed by atoms with Crippen LogP contribution < -0.4 is 5.73 Å². The van der Waals surface area contributed by atoms with Gasteiger partial charge in [0.2, 0.25) is 0 Å². The number of nitrogens with two attached hydrogens (primary N) is 1. The van der Waals surface area contributed by atoms with E-state index in [0.717, 1.165) is 45.7 Å². The highest BCUT2D eigenvalue weighted by Gasteiger charge is 2.17. The number of rotatable bonds is 5. The summed E-state index contributed by atoms with van der Waals surface area (Å²) < 4.78 is 0. The van der Waals surface area contributed by atoms with Gasteiger partial charge in [-0.05, 0) is 6.42 Å². The van der Waals surface area contributed by atoms with Gasteiger partial charge in [-0.2, -0.15) is 0 Å². The largest absolute Gasteiger partial charge is 0.395 e. The number of nitrogens with zero attached hydrogens (tertiary/aromatic N) is 2. The molecule has 1 rings (SSSR count). The summed E-state index contributed by atoms with van der Waals surface area (Å²) in [5, 5.41) is 8.79. The van der Waals surface area contributed by atoms with Crippen LogP contribution in [0.25, 0.3) is 0 Å². The molecule has 0 spiro atoms. The molecule has 1 unspecified atom stereocenters. The number of piperazine rings is 1. The molecule has 0 aromatic carbocycles. The van der Waals surface area contributed by atoms with Crippen molar-refractivity contribution in [2.45, 2.75) is 19.4 Å². The van der Waals surface area contributed by atoms with Crippen molar-refractivity contribution in [1.82, 2.24) is 9.80 Å². The van der Waals surface area contributed by atoms with E-state index in [-0.39, 0.29) is 6.61 Å². The second-order valence-electron chi connectivity index (χ2n) is 4.03. The predicted molar refractivity (Wildman–Crippen MR) is 58.2 cm³/mol. The molecule has 1 aliphatic heterocycles. The molecule has 0 aromatic heterocycles. The lowest BCUT2D eigenvalue weighted by atomic mass is 10.2. The standard InChI is InChI=1S/C10H23N3O/c1-2-10(11)9-13-5-3-12(4-6-13)7-8-14/h10,14H,2-9,11H2,1H3. The summed E-state index contributed by atoms with van der Waals surface area (Å²) in [5.74, 6) is 0. The van der Waals surface area contributed by atoms with Gasteiger partial charge in [0.15, 0.2) is 0 Å². The maximum absolute atomic E-state index is 8.79. The Hall–Kier alpha value is -0.160. The molecule has 0 amide bonds. The Morgan fingerprint density at radius 2 is 1.79 bits per heavy atom. The quantitative estimate of drug-likeness (QED) is 0.620. The lowest BCUT2D eigenvalue weighted by Crippen LogP contribution is -2.50. The van der Waals surface area contributed by atoms with Crippen molar-refractivity contribution in [2.24, 2.45) is 5.73 Å². The normalized spacial score (nSPS) is 22.5. The van der Waals surface area contributed by atoms with Crippen molar-refractivity contribution < 1.29 is 5.11 Å². The first-order valence-electron chi connectivity index (χ1n) is 5.57. The van der Waals surface area contributed by atoms with E-state index in [0.29, 0.717) is 6.04 Å². The summed E-state index contributed by atoms with van der Waals surface area (Å²) in [4.78, 5) is 4.72. The van der Waals surface area contributed by atoms with Gasteiger partial charge < -0.3 is 10.8 Å². The van der Waals surface area contributed by atoms with Gasteiger partial charge in [-0.15, -0.1) is 0 Å². The molecule has 0 bridgehead atoms. The van der Waals surface area contributed by atoms with E-state index in [1.54, 1.807) is 0 Å². The van der Waals surface area contributed by atoms with Crippen molar-refractivity contribution in [3.63, 3.8) is 0 Å². The molecule has 1 heterocycles. The number of hydrogen-bond acceptors (Lipinski definition) is 4. The van der Waals surface area contributed by atoms with Crippen molar-refractivity contribution >= 4 is 0 Å². The van der Waals surface area contributed by atoms with Crippen LogP contribution >= 0.6 is 0 Å². The molecular weight excluding hydrogens is 178 g/mol. The van der Waals surface area contributed by atoms with Crippen LogP contribution in [0.4, 0.5) is 0 Å². The van der Waals surface area contributed by atoms with Crippen molar-refractivity contribution in [3.8, 4) is 0 Å². The Morgan fingerprint density at radius 3 is 2.29 bits per heavy atom. The maximum Gasteiger partial charge on any atom is 0.0558 e. The monoisotopic (exact) mass is 201 g/mol. The molecule has 0 aliphatic carbocycles. The Bertz CT molecular complexity index is 146. The Kier molecular flexibility index (Phi) is 5.40. The minimum absolute atomic E-state index is 0.272. The average molecular weight is 201 g/mol. The van der Waals surface area contributed by atoms with Gasteiger partial charge in [-0.1, -0.05) is 6.92 Å². The number of hydrogen-bond donors (Lipinski definition) is 2. The average Bonchev–Trinajstić information content (AvgIpc) is 2.21. The van der Waals surface area contributed by atoms with Crippen LogP contribution in [-0.2, 0) is 0 Å². The third kappa shape index (κ3) is 3.92. The fourth-order valence-electron chi connectivity index (χ4n) is 1.80. The zero-order valence-corrected chi connectivity index (χ0v) is 9.15. The van der Waals surface area contributed by atoms with Crippen LogP contribution in [-0.4, -0.2) is 66.8 Å². The van der Waals surface area contributed by atoms with Crippen LogP contribution in [0, 0.1) is 0 Å². The number of aliphatic hydroxyl groups excluding tert-OH is 1. The van der Waals surface area contributed by atoms with Crippen molar-refractivity contribution in [1.29, 1.82) is 0 Å². The van der Waals surface area contributed by atoms with E-state index in [9.17, 15) is 0 Å². The Morgan fingerprint density at radius 1 is 1.21 bits per heavy atom. The van der Waals surface area contributed by atoms with Gasteiger partial charge in [0.25, 0.3) is 0 Å². The molecule has 14 heavy (non-hydrogen) atoms.